The molecule has 1 amide bonds. The summed E-state index contributed by atoms with van der Waals surface area (Å²) in [4.78, 5) is 15.5. The largest absolute Gasteiger partial charge is 0.493 e. The van der Waals surface area contributed by atoms with Gasteiger partial charge in [0.2, 0.25) is 5.91 Å². The molecule has 0 aromatic carbocycles. The predicted molar refractivity (Wildman–Crippen MR) is 79.1 cm³/mol. The fourth-order valence-electron chi connectivity index (χ4n) is 2.80. The fraction of sp³-hybridized carbons (Fsp3) is 0.600. The van der Waals surface area contributed by atoms with Crippen LogP contribution in [0.15, 0.2) is 12.3 Å². The van der Waals surface area contributed by atoms with E-state index in [1.165, 1.54) is 0 Å². The van der Waals surface area contributed by atoms with E-state index in [2.05, 4.69) is 10.3 Å². The lowest BCUT2D eigenvalue weighted by Crippen LogP contribution is -2.36. The first kappa shape index (κ1) is 15.6. The number of primary amides is 1. The van der Waals surface area contributed by atoms with Crippen molar-refractivity contribution in [3.8, 4) is 11.5 Å². The Kier molecular flexibility index (Phi) is 5.38. The standard InChI is InChI=1S/C15H23N3O3/c1-20-13-7-8-17-12(14(13)21-2)9-18-11-5-3-10(4-6-11)15(16)19/h7-8,10-11,18H,3-6,9H2,1-2H3,(H2,16,19). The van der Waals surface area contributed by atoms with Crippen molar-refractivity contribution in [2.24, 2.45) is 11.7 Å². The molecule has 1 aromatic heterocycles. The van der Waals surface area contributed by atoms with Gasteiger partial charge >= 0.3 is 0 Å². The lowest BCUT2D eigenvalue weighted by Gasteiger charge is -2.27. The van der Waals surface area contributed by atoms with Gasteiger partial charge in [-0.15, -0.1) is 0 Å². The average Bonchev–Trinajstić information content (AvgIpc) is 2.52. The van der Waals surface area contributed by atoms with Crippen LogP contribution in [0.2, 0.25) is 0 Å². The van der Waals surface area contributed by atoms with E-state index in [-0.39, 0.29) is 11.8 Å². The highest BCUT2D eigenvalue weighted by Gasteiger charge is 2.24. The van der Waals surface area contributed by atoms with E-state index in [0.717, 1.165) is 31.4 Å². The van der Waals surface area contributed by atoms with Crippen molar-refractivity contribution in [3.05, 3.63) is 18.0 Å². The van der Waals surface area contributed by atoms with Gasteiger partial charge in [0.25, 0.3) is 0 Å². The van der Waals surface area contributed by atoms with E-state index in [1.54, 1.807) is 26.5 Å². The summed E-state index contributed by atoms with van der Waals surface area (Å²) in [5.41, 5.74) is 6.18. The Morgan fingerprint density at radius 1 is 1.33 bits per heavy atom. The minimum absolute atomic E-state index is 0.0348. The molecule has 0 saturated heterocycles. The molecule has 21 heavy (non-hydrogen) atoms. The first-order valence-electron chi connectivity index (χ1n) is 7.24. The zero-order valence-corrected chi connectivity index (χ0v) is 12.6. The quantitative estimate of drug-likeness (QED) is 0.824. The third-order valence-electron chi connectivity index (χ3n) is 4.05. The molecule has 1 aromatic rings. The number of methoxy groups -OCH3 is 2. The summed E-state index contributed by atoms with van der Waals surface area (Å²) in [5, 5.41) is 3.47. The molecule has 6 nitrogen and oxygen atoms in total. The van der Waals surface area contributed by atoms with Gasteiger partial charge in [-0.2, -0.15) is 0 Å². The fourth-order valence-corrected chi connectivity index (χ4v) is 2.80. The van der Waals surface area contributed by atoms with Crippen molar-refractivity contribution >= 4 is 5.91 Å². The van der Waals surface area contributed by atoms with Crippen molar-refractivity contribution in [2.75, 3.05) is 14.2 Å². The number of pyridine rings is 1. The number of hydrogen-bond donors (Lipinski definition) is 2. The van der Waals surface area contributed by atoms with Crippen molar-refractivity contribution in [1.82, 2.24) is 10.3 Å². The molecule has 0 spiro atoms. The van der Waals surface area contributed by atoms with Gasteiger partial charge in [-0.05, 0) is 25.7 Å². The Morgan fingerprint density at radius 2 is 2.05 bits per heavy atom. The predicted octanol–water partition coefficient (Wildman–Crippen LogP) is 1.23. The highest BCUT2D eigenvalue weighted by atomic mass is 16.5. The van der Waals surface area contributed by atoms with Crippen LogP contribution in [-0.2, 0) is 11.3 Å². The van der Waals surface area contributed by atoms with E-state index in [9.17, 15) is 4.79 Å². The SMILES string of the molecule is COc1ccnc(CNC2CCC(C(N)=O)CC2)c1OC. The van der Waals surface area contributed by atoms with E-state index < -0.39 is 0 Å². The van der Waals surface area contributed by atoms with Crippen LogP contribution in [0.1, 0.15) is 31.4 Å². The molecule has 1 aliphatic rings. The monoisotopic (exact) mass is 293 g/mol. The molecule has 6 heteroatoms. The summed E-state index contributed by atoms with van der Waals surface area (Å²) >= 11 is 0. The van der Waals surface area contributed by atoms with Crippen molar-refractivity contribution in [3.63, 3.8) is 0 Å². The molecule has 0 radical (unpaired) electrons. The molecule has 3 N–H and O–H groups in total. The Morgan fingerprint density at radius 3 is 2.62 bits per heavy atom. The van der Waals surface area contributed by atoms with Crippen LogP contribution in [0.3, 0.4) is 0 Å². The number of carbonyl (C=O) groups excluding carboxylic acids is 1. The number of nitrogens with two attached hydrogens (primary N) is 1. The molecular weight excluding hydrogens is 270 g/mol. The molecule has 0 aliphatic heterocycles. The second-order valence-corrected chi connectivity index (χ2v) is 5.32. The van der Waals surface area contributed by atoms with Crippen molar-refractivity contribution in [1.29, 1.82) is 0 Å². The molecule has 1 saturated carbocycles. The van der Waals surface area contributed by atoms with Gasteiger partial charge in [0.1, 0.15) is 0 Å². The van der Waals surface area contributed by atoms with Crippen LogP contribution in [0.25, 0.3) is 0 Å². The lowest BCUT2D eigenvalue weighted by atomic mass is 9.85. The molecule has 2 rings (SSSR count). The minimum Gasteiger partial charge on any atom is -0.493 e. The van der Waals surface area contributed by atoms with Crippen LogP contribution in [-0.4, -0.2) is 31.2 Å². The minimum atomic E-state index is -0.176. The number of aromatic nitrogens is 1. The summed E-state index contributed by atoms with van der Waals surface area (Å²) in [7, 11) is 3.22. The van der Waals surface area contributed by atoms with Gasteiger partial charge < -0.3 is 20.5 Å². The van der Waals surface area contributed by atoms with Crippen LogP contribution >= 0.6 is 0 Å². The number of nitrogens with zero attached hydrogens (tertiary/aromatic N) is 1. The molecule has 0 unspecified atom stereocenters. The van der Waals surface area contributed by atoms with Crippen molar-refractivity contribution in [2.45, 2.75) is 38.3 Å². The Hall–Kier alpha value is -1.82. The smallest absolute Gasteiger partial charge is 0.220 e. The number of ether oxygens (including phenoxy) is 2. The number of amides is 1. The maximum Gasteiger partial charge on any atom is 0.220 e. The molecule has 116 valence electrons. The molecular formula is C15H23N3O3. The topological polar surface area (TPSA) is 86.5 Å². The Bertz CT molecular complexity index is 485. The van der Waals surface area contributed by atoms with Crippen LogP contribution in [0.5, 0.6) is 11.5 Å². The molecule has 1 heterocycles. The van der Waals surface area contributed by atoms with Crippen molar-refractivity contribution < 1.29 is 14.3 Å². The summed E-state index contributed by atoms with van der Waals surface area (Å²) in [6.45, 7) is 0.617. The third-order valence-corrected chi connectivity index (χ3v) is 4.05. The van der Waals surface area contributed by atoms with E-state index >= 15 is 0 Å². The molecule has 0 bridgehead atoms. The molecule has 1 aliphatic carbocycles. The zero-order valence-electron chi connectivity index (χ0n) is 12.6. The first-order valence-corrected chi connectivity index (χ1v) is 7.24. The first-order chi connectivity index (χ1) is 10.2. The number of rotatable bonds is 6. The van der Waals surface area contributed by atoms with Gasteiger partial charge in [0.15, 0.2) is 11.5 Å². The van der Waals surface area contributed by atoms with Gasteiger partial charge in [-0.25, -0.2) is 0 Å². The normalized spacial score (nSPS) is 21.8. The highest BCUT2D eigenvalue weighted by Crippen LogP contribution is 2.29. The maximum atomic E-state index is 11.2. The number of nitrogens with one attached hydrogen (secondary N) is 1. The third kappa shape index (κ3) is 3.85. The number of carbonyl (C=O) groups is 1. The number of hydrogen-bond acceptors (Lipinski definition) is 5. The zero-order chi connectivity index (χ0) is 15.2. The maximum absolute atomic E-state index is 11.2. The average molecular weight is 293 g/mol. The van der Waals surface area contributed by atoms with Gasteiger partial charge in [0, 0.05) is 30.8 Å². The van der Waals surface area contributed by atoms with Gasteiger partial charge in [-0.3, -0.25) is 9.78 Å². The second kappa shape index (κ2) is 7.26. The summed E-state index contributed by atoms with van der Waals surface area (Å²) in [6.07, 6.45) is 5.34. The Labute approximate surface area is 125 Å². The van der Waals surface area contributed by atoms with Gasteiger partial charge in [0.05, 0.1) is 19.9 Å². The summed E-state index contributed by atoms with van der Waals surface area (Å²) < 4.78 is 10.6. The lowest BCUT2D eigenvalue weighted by molar-refractivity contribution is -0.122. The molecule has 1 fully saturated rings. The Balaban J connectivity index is 1.91. The second-order valence-electron chi connectivity index (χ2n) is 5.32. The highest BCUT2D eigenvalue weighted by molar-refractivity contribution is 5.76. The summed E-state index contributed by atoms with van der Waals surface area (Å²) in [6, 6.07) is 2.17. The van der Waals surface area contributed by atoms with E-state index in [0.29, 0.717) is 24.1 Å². The van der Waals surface area contributed by atoms with Crippen LogP contribution < -0.4 is 20.5 Å². The van der Waals surface area contributed by atoms with Crippen LogP contribution in [0.4, 0.5) is 0 Å². The van der Waals surface area contributed by atoms with E-state index in [4.69, 9.17) is 15.2 Å². The van der Waals surface area contributed by atoms with Gasteiger partial charge in [-0.1, -0.05) is 0 Å². The summed E-state index contributed by atoms with van der Waals surface area (Å²) in [5.74, 6) is 1.21. The van der Waals surface area contributed by atoms with Crippen LogP contribution in [0, 0.1) is 5.92 Å². The van der Waals surface area contributed by atoms with E-state index in [1.807, 2.05) is 0 Å². The molecule has 0 atom stereocenters.